The maximum atomic E-state index is 12.1. The molecular formula is C18H18ClNO2. The normalized spacial score (nSPS) is 12.3. The molecule has 0 aliphatic heterocycles. The van der Waals surface area contributed by atoms with Gasteiger partial charge in [-0.2, -0.15) is 0 Å². The summed E-state index contributed by atoms with van der Waals surface area (Å²) in [6, 6.07) is 16.5. The van der Waals surface area contributed by atoms with Crippen molar-refractivity contribution in [1.29, 1.82) is 0 Å². The second-order valence-electron chi connectivity index (χ2n) is 4.79. The average Bonchev–Trinajstić information content (AvgIpc) is 2.54. The Morgan fingerprint density at radius 2 is 1.86 bits per heavy atom. The van der Waals surface area contributed by atoms with E-state index in [-0.39, 0.29) is 5.97 Å². The van der Waals surface area contributed by atoms with Gasteiger partial charge >= 0.3 is 5.97 Å². The summed E-state index contributed by atoms with van der Waals surface area (Å²) in [5.41, 5.74) is 1.94. The van der Waals surface area contributed by atoms with E-state index in [1.54, 1.807) is 25.3 Å². The minimum absolute atomic E-state index is 0.309. The second kappa shape index (κ2) is 8.35. The van der Waals surface area contributed by atoms with Crippen molar-refractivity contribution in [1.82, 2.24) is 0 Å². The maximum absolute atomic E-state index is 12.1. The van der Waals surface area contributed by atoms with Crippen molar-refractivity contribution < 1.29 is 9.53 Å². The van der Waals surface area contributed by atoms with Crippen molar-refractivity contribution in [2.24, 2.45) is 4.99 Å². The predicted octanol–water partition coefficient (Wildman–Crippen LogP) is 3.93. The molecule has 0 bridgehead atoms. The third-order valence-corrected chi connectivity index (χ3v) is 3.36. The first-order chi connectivity index (χ1) is 10.7. The predicted molar refractivity (Wildman–Crippen MR) is 89.6 cm³/mol. The summed E-state index contributed by atoms with van der Waals surface area (Å²) < 4.78 is 5.11. The number of hydrogen-bond donors (Lipinski definition) is 0. The van der Waals surface area contributed by atoms with Crippen LogP contribution in [0.15, 0.2) is 59.6 Å². The highest BCUT2D eigenvalue weighted by molar-refractivity contribution is 6.30. The Kier molecular flexibility index (Phi) is 6.16. The Balaban J connectivity index is 2.13. The van der Waals surface area contributed by atoms with Gasteiger partial charge in [0.1, 0.15) is 0 Å². The van der Waals surface area contributed by atoms with E-state index in [1.165, 1.54) is 0 Å². The maximum Gasteiger partial charge on any atom is 0.331 e. The molecule has 0 heterocycles. The third-order valence-electron chi connectivity index (χ3n) is 3.10. The zero-order chi connectivity index (χ0) is 15.8. The number of halogens is 1. The van der Waals surface area contributed by atoms with Gasteiger partial charge in [0.2, 0.25) is 0 Å². The van der Waals surface area contributed by atoms with E-state index in [0.29, 0.717) is 18.1 Å². The standard InChI is InChI=1S/C18H18ClNO2/c1-2-22-18(21)17(12-14-6-4-3-5-7-14)20-13-15-8-10-16(19)11-9-15/h3-11,13,17H,2,12H2,1H3/b20-13+/t17-/m0/s1. The van der Waals surface area contributed by atoms with E-state index in [2.05, 4.69) is 4.99 Å². The lowest BCUT2D eigenvalue weighted by molar-refractivity contribution is -0.144. The Hall–Kier alpha value is -2.13. The lowest BCUT2D eigenvalue weighted by atomic mass is 10.1. The summed E-state index contributed by atoms with van der Waals surface area (Å²) in [5, 5.41) is 0.670. The number of ether oxygens (including phenoxy) is 1. The number of carbonyl (C=O) groups is 1. The highest BCUT2D eigenvalue weighted by Gasteiger charge is 2.18. The van der Waals surface area contributed by atoms with E-state index in [9.17, 15) is 4.79 Å². The number of benzene rings is 2. The van der Waals surface area contributed by atoms with Crippen molar-refractivity contribution in [3.8, 4) is 0 Å². The molecule has 2 aromatic rings. The number of esters is 1. The van der Waals surface area contributed by atoms with E-state index in [4.69, 9.17) is 16.3 Å². The topological polar surface area (TPSA) is 38.7 Å². The Labute approximate surface area is 135 Å². The number of nitrogens with zero attached hydrogens (tertiary/aromatic N) is 1. The Bertz CT molecular complexity index is 623. The van der Waals surface area contributed by atoms with Crippen LogP contribution in [-0.4, -0.2) is 24.8 Å². The summed E-state index contributed by atoms with van der Waals surface area (Å²) in [4.78, 5) is 16.5. The first kappa shape index (κ1) is 16.2. The van der Waals surface area contributed by atoms with Crippen molar-refractivity contribution in [3.63, 3.8) is 0 Å². The summed E-state index contributed by atoms with van der Waals surface area (Å²) in [6.45, 7) is 2.14. The fourth-order valence-electron chi connectivity index (χ4n) is 2.00. The van der Waals surface area contributed by atoms with Gasteiger partial charge in [-0.05, 0) is 30.2 Å². The molecule has 2 rings (SSSR count). The van der Waals surface area contributed by atoms with Crippen LogP contribution in [-0.2, 0) is 16.0 Å². The van der Waals surface area contributed by atoms with Gasteiger partial charge in [0.25, 0.3) is 0 Å². The Morgan fingerprint density at radius 1 is 1.18 bits per heavy atom. The van der Waals surface area contributed by atoms with Gasteiger partial charge in [-0.25, -0.2) is 4.79 Å². The average molecular weight is 316 g/mol. The molecular weight excluding hydrogens is 298 g/mol. The SMILES string of the molecule is CCOC(=O)[C@H](Cc1ccccc1)/N=C/c1ccc(Cl)cc1. The molecule has 0 aliphatic rings. The van der Waals surface area contributed by atoms with Crippen molar-refractivity contribution in [2.45, 2.75) is 19.4 Å². The molecule has 1 atom stereocenters. The van der Waals surface area contributed by atoms with E-state index >= 15 is 0 Å². The number of hydrogen-bond acceptors (Lipinski definition) is 3. The Morgan fingerprint density at radius 3 is 2.50 bits per heavy atom. The molecule has 3 nitrogen and oxygen atoms in total. The molecule has 0 unspecified atom stereocenters. The van der Waals surface area contributed by atoms with Crippen molar-refractivity contribution in [3.05, 3.63) is 70.7 Å². The number of aliphatic imine (C=N–C) groups is 1. The molecule has 0 N–H and O–H groups in total. The van der Waals surface area contributed by atoms with E-state index in [0.717, 1.165) is 11.1 Å². The molecule has 114 valence electrons. The van der Waals surface area contributed by atoms with Gasteiger partial charge < -0.3 is 4.74 Å². The molecule has 2 aromatic carbocycles. The van der Waals surface area contributed by atoms with Crippen LogP contribution in [0.3, 0.4) is 0 Å². The summed E-state index contributed by atoms with van der Waals surface area (Å²) in [6.07, 6.45) is 2.20. The van der Waals surface area contributed by atoms with E-state index < -0.39 is 6.04 Å². The molecule has 0 amide bonds. The van der Waals surface area contributed by atoms with Crippen LogP contribution in [0, 0.1) is 0 Å². The molecule has 0 aliphatic carbocycles. The quantitative estimate of drug-likeness (QED) is 0.598. The molecule has 0 saturated carbocycles. The smallest absolute Gasteiger partial charge is 0.331 e. The van der Waals surface area contributed by atoms with Gasteiger partial charge in [0.05, 0.1) is 6.61 Å². The molecule has 22 heavy (non-hydrogen) atoms. The van der Waals surface area contributed by atoms with Gasteiger partial charge in [-0.15, -0.1) is 0 Å². The van der Waals surface area contributed by atoms with Crippen molar-refractivity contribution in [2.75, 3.05) is 6.61 Å². The van der Waals surface area contributed by atoms with Crippen LogP contribution in [0.2, 0.25) is 5.02 Å². The van der Waals surface area contributed by atoms with Crippen LogP contribution in [0.25, 0.3) is 0 Å². The number of carbonyl (C=O) groups excluding carboxylic acids is 1. The summed E-state index contributed by atoms with van der Waals surface area (Å²) >= 11 is 5.85. The van der Waals surface area contributed by atoms with Gasteiger partial charge in [-0.1, -0.05) is 54.1 Å². The lowest BCUT2D eigenvalue weighted by Gasteiger charge is -2.11. The van der Waals surface area contributed by atoms with Crippen molar-refractivity contribution >= 4 is 23.8 Å². The van der Waals surface area contributed by atoms with Gasteiger partial charge in [-0.3, -0.25) is 4.99 Å². The molecule has 0 radical (unpaired) electrons. The van der Waals surface area contributed by atoms with Crippen LogP contribution < -0.4 is 0 Å². The minimum atomic E-state index is -0.543. The van der Waals surface area contributed by atoms with Gasteiger partial charge in [0, 0.05) is 17.7 Å². The minimum Gasteiger partial charge on any atom is -0.464 e. The first-order valence-corrected chi connectivity index (χ1v) is 7.56. The summed E-state index contributed by atoms with van der Waals surface area (Å²) in [7, 11) is 0. The van der Waals surface area contributed by atoms with Gasteiger partial charge in [0.15, 0.2) is 6.04 Å². The summed E-state index contributed by atoms with van der Waals surface area (Å²) in [5.74, 6) is -0.309. The third kappa shape index (κ3) is 5.01. The first-order valence-electron chi connectivity index (χ1n) is 7.18. The van der Waals surface area contributed by atoms with Crippen LogP contribution in [0.1, 0.15) is 18.1 Å². The van der Waals surface area contributed by atoms with Crippen LogP contribution >= 0.6 is 11.6 Å². The van der Waals surface area contributed by atoms with Crippen LogP contribution in [0.4, 0.5) is 0 Å². The molecule has 0 saturated heterocycles. The van der Waals surface area contributed by atoms with Crippen LogP contribution in [0.5, 0.6) is 0 Å². The fourth-order valence-corrected chi connectivity index (χ4v) is 2.12. The lowest BCUT2D eigenvalue weighted by Crippen LogP contribution is -2.24. The fraction of sp³-hybridized carbons (Fsp3) is 0.222. The second-order valence-corrected chi connectivity index (χ2v) is 5.22. The highest BCUT2D eigenvalue weighted by atomic mass is 35.5. The number of rotatable bonds is 6. The van der Waals surface area contributed by atoms with E-state index in [1.807, 2.05) is 42.5 Å². The molecule has 4 heteroatoms. The highest BCUT2D eigenvalue weighted by Crippen LogP contribution is 2.10. The molecule has 0 fully saturated rings. The zero-order valence-electron chi connectivity index (χ0n) is 12.4. The molecule has 0 spiro atoms. The largest absolute Gasteiger partial charge is 0.464 e. The molecule has 0 aromatic heterocycles. The monoisotopic (exact) mass is 315 g/mol. The zero-order valence-corrected chi connectivity index (χ0v) is 13.2.